The Hall–Kier alpha value is -0.610. The van der Waals surface area contributed by atoms with Crippen molar-refractivity contribution in [2.75, 3.05) is 26.2 Å². The molecule has 2 fully saturated rings. The van der Waals surface area contributed by atoms with E-state index in [1.807, 2.05) is 4.90 Å². The van der Waals surface area contributed by atoms with Gasteiger partial charge in [-0.1, -0.05) is 13.8 Å². The molecule has 2 N–H and O–H groups in total. The molecule has 2 heterocycles. The molecule has 1 amide bonds. The lowest BCUT2D eigenvalue weighted by atomic mass is 9.81. The van der Waals surface area contributed by atoms with Gasteiger partial charge in [0.1, 0.15) is 0 Å². The van der Waals surface area contributed by atoms with Crippen LogP contribution in [-0.2, 0) is 4.79 Å². The zero-order valence-electron chi connectivity index (χ0n) is 10.9. The van der Waals surface area contributed by atoms with E-state index >= 15 is 0 Å². The smallest absolute Gasteiger partial charge is 0.230 e. The highest BCUT2D eigenvalue weighted by molar-refractivity contribution is 5.83. The van der Waals surface area contributed by atoms with Crippen LogP contribution >= 0.6 is 0 Å². The van der Waals surface area contributed by atoms with Gasteiger partial charge in [0.05, 0.1) is 11.5 Å². The van der Waals surface area contributed by atoms with E-state index in [1.165, 1.54) is 0 Å². The van der Waals surface area contributed by atoms with Gasteiger partial charge < -0.3 is 15.3 Å². The molecule has 98 valence electrons. The second-order valence-electron chi connectivity index (χ2n) is 5.65. The van der Waals surface area contributed by atoms with Crippen molar-refractivity contribution >= 4 is 5.91 Å². The average Bonchev–Trinajstić information content (AvgIpc) is 2.81. The summed E-state index contributed by atoms with van der Waals surface area (Å²) in [5.74, 6) is 0.564. The molecule has 4 heteroatoms. The molecule has 3 atom stereocenters. The van der Waals surface area contributed by atoms with Gasteiger partial charge in [-0.05, 0) is 31.7 Å². The van der Waals surface area contributed by atoms with Crippen LogP contribution in [0.5, 0.6) is 0 Å². The lowest BCUT2D eigenvalue weighted by molar-refractivity contribution is -0.145. The zero-order valence-corrected chi connectivity index (χ0v) is 10.9. The number of nitrogens with zero attached hydrogens (tertiary/aromatic N) is 1. The number of aliphatic hydroxyl groups excluding tert-OH is 1. The van der Waals surface area contributed by atoms with Crippen molar-refractivity contribution in [3.8, 4) is 0 Å². The maximum absolute atomic E-state index is 12.6. The van der Waals surface area contributed by atoms with Crippen LogP contribution in [0, 0.1) is 11.3 Å². The number of β-amino-alcohol motifs (C(OH)–C–C–N with tert-alkyl or cyclic N) is 1. The van der Waals surface area contributed by atoms with E-state index in [-0.39, 0.29) is 17.4 Å². The van der Waals surface area contributed by atoms with E-state index in [2.05, 4.69) is 19.2 Å². The Morgan fingerprint density at radius 1 is 1.59 bits per heavy atom. The molecule has 0 aromatic heterocycles. The number of amides is 1. The number of piperidine rings is 1. The van der Waals surface area contributed by atoms with Gasteiger partial charge in [0.15, 0.2) is 0 Å². The van der Waals surface area contributed by atoms with Gasteiger partial charge in [0.25, 0.3) is 0 Å². The minimum absolute atomic E-state index is 0.208. The Bertz CT molecular complexity index is 287. The minimum Gasteiger partial charge on any atom is -0.391 e. The standard InChI is InChI=1S/C13H24N2O2/c1-3-13(5-6-14-9-13)12(17)15-7-4-10(2)11(16)8-15/h10-11,14,16H,3-9H2,1-2H3. The number of aliphatic hydroxyl groups is 1. The fourth-order valence-corrected chi connectivity index (χ4v) is 2.95. The van der Waals surface area contributed by atoms with Crippen molar-refractivity contribution in [2.45, 2.75) is 39.2 Å². The Morgan fingerprint density at radius 2 is 2.35 bits per heavy atom. The summed E-state index contributed by atoms with van der Waals surface area (Å²) in [6.45, 7) is 7.20. The van der Waals surface area contributed by atoms with Gasteiger partial charge in [-0.15, -0.1) is 0 Å². The Labute approximate surface area is 103 Å². The Balaban J connectivity index is 2.04. The van der Waals surface area contributed by atoms with Crippen LogP contribution in [0.3, 0.4) is 0 Å². The maximum atomic E-state index is 12.6. The number of hydrogen-bond acceptors (Lipinski definition) is 3. The molecule has 4 nitrogen and oxygen atoms in total. The molecule has 0 saturated carbocycles. The molecule has 2 aliphatic rings. The number of hydrogen-bond donors (Lipinski definition) is 2. The molecule has 0 aromatic carbocycles. The van der Waals surface area contributed by atoms with Crippen molar-refractivity contribution in [2.24, 2.45) is 11.3 Å². The van der Waals surface area contributed by atoms with E-state index in [0.717, 1.165) is 38.9 Å². The predicted molar refractivity (Wildman–Crippen MR) is 66.6 cm³/mol. The highest BCUT2D eigenvalue weighted by Gasteiger charge is 2.43. The minimum atomic E-state index is -0.351. The molecule has 0 radical (unpaired) electrons. The van der Waals surface area contributed by atoms with Gasteiger partial charge in [0.2, 0.25) is 5.91 Å². The summed E-state index contributed by atoms with van der Waals surface area (Å²) >= 11 is 0. The molecular weight excluding hydrogens is 216 g/mol. The van der Waals surface area contributed by atoms with Crippen LogP contribution in [-0.4, -0.2) is 48.2 Å². The van der Waals surface area contributed by atoms with Crippen LogP contribution in [0.2, 0.25) is 0 Å². The first kappa shape index (κ1) is 12.8. The largest absolute Gasteiger partial charge is 0.391 e. The molecule has 0 bridgehead atoms. The van der Waals surface area contributed by atoms with Crippen LogP contribution in [0.15, 0.2) is 0 Å². The first-order valence-corrected chi connectivity index (χ1v) is 6.77. The van der Waals surface area contributed by atoms with E-state index in [0.29, 0.717) is 12.5 Å². The van der Waals surface area contributed by atoms with Gasteiger partial charge in [-0.3, -0.25) is 4.79 Å². The molecule has 2 aliphatic heterocycles. The van der Waals surface area contributed by atoms with Crippen LogP contribution in [0.25, 0.3) is 0 Å². The summed E-state index contributed by atoms with van der Waals surface area (Å²) in [6, 6.07) is 0. The molecular formula is C13H24N2O2. The third-order valence-corrected chi connectivity index (χ3v) is 4.58. The first-order chi connectivity index (χ1) is 8.09. The second-order valence-corrected chi connectivity index (χ2v) is 5.65. The van der Waals surface area contributed by atoms with Crippen LogP contribution in [0.1, 0.15) is 33.1 Å². The lowest BCUT2D eigenvalue weighted by Crippen LogP contribution is -2.52. The van der Waals surface area contributed by atoms with Crippen molar-refractivity contribution in [1.29, 1.82) is 0 Å². The predicted octanol–water partition coefficient (Wildman–Crippen LogP) is 0.605. The van der Waals surface area contributed by atoms with E-state index in [4.69, 9.17) is 0 Å². The van der Waals surface area contributed by atoms with E-state index in [9.17, 15) is 9.90 Å². The normalized spacial score (nSPS) is 38.4. The molecule has 0 aliphatic carbocycles. The maximum Gasteiger partial charge on any atom is 0.230 e. The van der Waals surface area contributed by atoms with Gasteiger partial charge >= 0.3 is 0 Å². The monoisotopic (exact) mass is 240 g/mol. The van der Waals surface area contributed by atoms with Crippen molar-refractivity contribution in [1.82, 2.24) is 10.2 Å². The summed E-state index contributed by atoms with van der Waals surface area (Å²) in [7, 11) is 0. The summed E-state index contributed by atoms with van der Waals surface area (Å²) < 4.78 is 0. The van der Waals surface area contributed by atoms with E-state index in [1.54, 1.807) is 0 Å². The lowest BCUT2D eigenvalue weighted by Gasteiger charge is -2.39. The summed E-state index contributed by atoms with van der Waals surface area (Å²) in [5.41, 5.74) is -0.208. The fraction of sp³-hybridized carbons (Fsp3) is 0.923. The second kappa shape index (κ2) is 4.94. The highest BCUT2D eigenvalue weighted by Crippen LogP contribution is 2.33. The zero-order chi connectivity index (χ0) is 12.5. The quantitative estimate of drug-likeness (QED) is 0.743. The third-order valence-electron chi connectivity index (χ3n) is 4.58. The first-order valence-electron chi connectivity index (χ1n) is 6.77. The number of carbonyl (C=O) groups excluding carboxylic acids is 1. The Kier molecular flexibility index (Phi) is 3.73. The van der Waals surface area contributed by atoms with E-state index < -0.39 is 0 Å². The molecule has 2 rings (SSSR count). The number of likely N-dealkylation sites (tertiary alicyclic amines) is 1. The molecule has 0 aromatic rings. The summed E-state index contributed by atoms with van der Waals surface area (Å²) in [5, 5.41) is 13.2. The Morgan fingerprint density at radius 3 is 2.88 bits per heavy atom. The molecule has 3 unspecified atom stereocenters. The highest BCUT2D eigenvalue weighted by atomic mass is 16.3. The molecule has 17 heavy (non-hydrogen) atoms. The average molecular weight is 240 g/mol. The van der Waals surface area contributed by atoms with Crippen LogP contribution < -0.4 is 5.32 Å². The van der Waals surface area contributed by atoms with Gasteiger partial charge in [0, 0.05) is 19.6 Å². The van der Waals surface area contributed by atoms with Crippen molar-refractivity contribution in [3.63, 3.8) is 0 Å². The third kappa shape index (κ3) is 2.33. The van der Waals surface area contributed by atoms with Gasteiger partial charge in [-0.2, -0.15) is 0 Å². The van der Waals surface area contributed by atoms with Crippen LogP contribution in [0.4, 0.5) is 0 Å². The number of rotatable bonds is 2. The van der Waals surface area contributed by atoms with Crippen molar-refractivity contribution < 1.29 is 9.90 Å². The number of carbonyl (C=O) groups is 1. The summed E-state index contributed by atoms with van der Waals surface area (Å²) in [6.07, 6.45) is 2.39. The van der Waals surface area contributed by atoms with Gasteiger partial charge in [-0.25, -0.2) is 0 Å². The number of nitrogens with one attached hydrogen (secondary N) is 1. The van der Waals surface area contributed by atoms with Crippen molar-refractivity contribution in [3.05, 3.63) is 0 Å². The molecule has 2 saturated heterocycles. The SMILES string of the molecule is CCC1(C(=O)N2CCC(C)C(O)C2)CCNC1. The summed E-state index contributed by atoms with van der Waals surface area (Å²) in [4.78, 5) is 14.5. The fourth-order valence-electron chi connectivity index (χ4n) is 2.95. The molecule has 0 spiro atoms. The topological polar surface area (TPSA) is 52.6 Å².